The van der Waals surface area contributed by atoms with Crippen LogP contribution in [0.4, 0.5) is 5.82 Å². The van der Waals surface area contributed by atoms with Crippen molar-refractivity contribution in [2.45, 2.75) is 52.4 Å². The molecule has 4 heteroatoms. The van der Waals surface area contributed by atoms with E-state index in [0.717, 1.165) is 29.3 Å². The van der Waals surface area contributed by atoms with Crippen molar-refractivity contribution in [3.05, 3.63) is 23.4 Å². The number of hydrogen-bond donors (Lipinski definition) is 1. The Morgan fingerprint density at radius 3 is 2.30 bits per heavy atom. The van der Waals surface area contributed by atoms with Crippen LogP contribution in [0.5, 0.6) is 0 Å². The lowest BCUT2D eigenvalue weighted by Gasteiger charge is -2.57. The minimum Gasteiger partial charge on any atom is -0.307 e. The molecular weight excluding hydrogens is 286 g/mol. The molecule has 4 fully saturated rings. The van der Waals surface area contributed by atoms with Crippen LogP contribution >= 0.6 is 0 Å². The SMILES string of the molecule is CC(=CC(=O)Nc1cc(C)nn1C)C12CC3CC(CC(C3)C1)C2. The molecule has 0 saturated heterocycles. The summed E-state index contributed by atoms with van der Waals surface area (Å²) >= 11 is 0. The number of allylic oxidation sites excluding steroid dienone is 1. The minimum atomic E-state index is -0.0127. The van der Waals surface area contributed by atoms with Crippen LogP contribution < -0.4 is 5.32 Å². The Balaban J connectivity index is 1.52. The largest absolute Gasteiger partial charge is 0.307 e. The van der Waals surface area contributed by atoms with Crippen LogP contribution in [-0.2, 0) is 11.8 Å². The first kappa shape index (κ1) is 15.0. The second kappa shape index (κ2) is 5.22. The smallest absolute Gasteiger partial charge is 0.249 e. The van der Waals surface area contributed by atoms with Crippen molar-refractivity contribution < 1.29 is 4.79 Å². The maximum Gasteiger partial charge on any atom is 0.249 e. The predicted octanol–water partition coefficient (Wildman–Crippen LogP) is 3.83. The molecule has 1 aromatic rings. The number of hydrogen-bond acceptors (Lipinski definition) is 2. The number of anilines is 1. The van der Waals surface area contributed by atoms with Gasteiger partial charge in [0, 0.05) is 19.2 Å². The molecule has 124 valence electrons. The molecule has 0 aromatic carbocycles. The fraction of sp³-hybridized carbons (Fsp3) is 0.684. The van der Waals surface area contributed by atoms with Gasteiger partial charge in [-0.2, -0.15) is 5.10 Å². The summed E-state index contributed by atoms with van der Waals surface area (Å²) in [6, 6.07) is 1.91. The highest BCUT2D eigenvalue weighted by Gasteiger charge is 2.51. The van der Waals surface area contributed by atoms with Crippen LogP contribution in [0, 0.1) is 30.1 Å². The van der Waals surface area contributed by atoms with E-state index in [1.54, 1.807) is 4.68 Å². The predicted molar refractivity (Wildman–Crippen MR) is 90.9 cm³/mol. The van der Waals surface area contributed by atoms with Gasteiger partial charge in [-0.25, -0.2) is 0 Å². The molecule has 4 aliphatic carbocycles. The Morgan fingerprint density at radius 1 is 1.26 bits per heavy atom. The highest BCUT2D eigenvalue weighted by atomic mass is 16.1. The van der Waals surface area contributed by atoms with Crippen molar-refractivity contribution in [1.29, 1.82) is 0 Å². The van der Waals surface area contributed by atoms with Gasteiger partial charge in [-0.15, -0.1) is 0 Å². The summed E-state index contributed by atoms with van der Waals surface area (Å²) in [5, 5.41) is 7.26. The number of aryl methyl sites for hydroxylation is 2. The quantitative estimate of drug-likeness (QED) is 0.862. The Bertz CT molecular complexity index is 635. The third-order valence-corrected chi connectivity index (χ3v) is 6.48. The maximum atomic E-state index is 12.4. The van der Waals surface area contributed by atoms with Crippen LogP contribution in [-0.4, -0.2) is 15.7 Å². The van der Waals surface area contributed by atoms with Gasteiger partial charge in [0.15, 0.2) is 0 Å². The third-order valence-electron chi connectivity index (χ3n) is 6.48. The Kier molecular flexibility index (Phi) is 3.40. The lowest BCUT2D eigenvalue weighted by molar-refractivity contribution is -0.112. The number of carbonyl (C=O) groups is 1. The first-order chi connectivity index (χ1) is 10.9. The van der Waals surface area contributed by atoms with Gasteiger partial charge >= 0.3 is 0 Å². The van der Waals surface area contributed by atoms with Gasteiger partial charge in [-0.3, -0.25) is 9.48 Å². The molecule has 0 aliphatic heterocycles. The molecule has 1 amide bonds. The van der Waals surface area contributed by atoms with E-state index in [9.17, 15) is 4.79 Å². The molecule has 0 radical (unpaired) electrons. The van der Waals surface area contributed by atoms with Gasteiger partial charge in [0.05, 0.1) is 5.69 Å². The topological polar surface area (TPSA) is 46.9 Å². The van der Waals surface area contributed by atoms with E-state index in [1.807, 2.05) is 26.1 Å². The minimum absolute atomic E-state index is 0.0127. The summed E-state index contributed by atoms with van der Waals surface area (Å²) in [6.07, 6.45) is 10.1. The maximum absolute atomic E-state index is 12.4. The summed E-state index contributed by atoms with van der Waals surface area (Å²) in [5.74, 6) is 3.48. The van der Waals surface area contributed by atoms with Crippen LogP contribution in [0.3, 0.4) is 0 Å². The van der Waals surface area contributed by atoms with Crippen molar-refractivity contribution in [2.75, 3.05) is 5.32 Å². The lowest BCUT2D eigenvalue weighted by Crippen LogP contribution is -2.46. The first-order valence-electron chi connectivity index (χ1n) is 8.94. The molecule has 4 aliphatic rings. The van der Waals surface area contributed by atoms with Gasteiger partial charge in [-0.05, 0) is 75.5 Å². The molecule has 1 aromatic heterocycles. The summed E-state index contributed by atoms with van der Waals surface area (Å²) in [5.41, 5.74) is 2.53. The lowest BCUT2D eigenvalue weighted by atomic mass is 9.48. The van der Waals surface area contributed by atoms with E-state index in [-0.39, 0.29) is 5.91 Å². The molecule has 0 unspecified atom stereocenters. The number of nitrogens with one attached hydrogen (secondary N) is 1. The van der Waals surface area contributed by atoms with Gasteiger partial charge in [0.25, 0.3) is 0 Å². The molecule has 23 heavy (non-hydrogen) atoms. The standard InChI is InChI=1S/C19H27N3O/c1-12(4-18(23)20-17-5-13(2)21-22(17)3)19-9-14-6-15(10-19)8-16(7-14)11-19/h4-5,14-16H,6-11H2,1-3H3,(H,20,23). The average Bonchev–Trinajstić information content (AvgIpc) is 2.75. The second-order valence-corrected chi connectivity index (χ2v) is 8.31. The third kappa shape index (κ3) is 2.62. The Morgan fingerprint density at radius 2 is 1.83 bits per heavy atom. The van der Waals surface area contributed by atoms with E-state index in [1.165, 1.54) is 44.1 Å². The highest BCUT2D eigenvalue weighted by molar-refractivity contribution is 5.99. The van der Waals surface area contributed by atoms with Gasteiger partial charge in [0.1, 0.15) is 5.82 Å². The molecule has 4 nitrogen and oxygen atoms in total. The Hall–Kier alpha value is -1.58. The van der Waals surface area contributed by atoms with Crippen LogP contribution in [0.15, 0.2) is 17.7 Å². The van der Waals surface area contributed by atoms with E-state index in [4.69, 9.17) is 0 Å². The number of amides is 1. The zero-order chi connectivity index (χ0) is 16.2. The number of carbonyl (C=O) groups excluding carboxylic acids is 1. The Labute approximate surface area is 138 Å². The zero-order valence-electron chi connectivity index (χ0n) is 14.4. The van der Waals surface area contributed by atoms with E-state index >= 15 is 0 Å². The van der Waals surface area contributed by atoms with E-state index in [0.29, 0.717) is 5.41 Å². The number of nitrogens with zero attached hydrogens (tertiary/aromatic N) is 2. The summed E-state index contributed by atoms with van der Waals surface area (Å²) in [6.45, 7) is 4.12. The molecule has 5 rings (SSSR count). The number of rotatable bonds is 3. The number of aromatic nitrogens is 2. The van der Waals surface area contributed by atoms with Crippen molar-refractivity contribution in [1.82, 2.24) is 9.78 Å². The molecular formula is C19H27N3O. The fourth-order valence-corrected chi connectivity index (χ4v) is 5.83. The van der Waals surface area contributed by atoms with Crippen molar-refractivity contribution >= 4 is 11.7 Å². The highest BCUT2D eigenvalue weighted by Crippen LogP contribution is 2.62. The molecule has 4 bridgehead atoms. The van der Waals surface area contributed by atoms with Crippen LogP contribution in [0.25, 0.3) is 0 Å². The zero-order valence-corrected chi connectivity index (χ0v) is 14.4. The van der Waals surface area contributed by atoms with Gasteiger partial charge in [0.2, 0.25) is 5.91 Å². The molecule has 4 saturated carbocycles. The molecule has 1 N–H and O–H groups in total. The van der Waals surface area contributed by atoms with Crippen LogP contribution in [0.1, 0.15) is 51.1 Å². The monoisotopic (exact) mass is 313 g/mol. The van der Waals surface area contributed by atoms with E-state index in [2.05, 4.69) is 17.3 Å². The molecule has 1 heterocycles. The average molecular weight is 313 g/mol. The summed E-state index contributed by atoms with van der Waals surface area (Å²) < 4.78 is 1.72. The van der Waals surface area contributed by atoms with Gasteiger partial charge in [-0.1, -0.05) is 5.57 Å². The molecule has 0 spiro atoms. The molecule has 0 atom stereocenters. The van der Waals surface area contributed by atoms with E-state index < -0.39 is 0 Å². The van der Waals surface area contributed by atoms with Crippen LogP contribution in [0.2, 0.25) is 0 Å². The first-order valence-corrected chi connectivity index (χ1v) is 8.94. The summed E-state index contributed by atoms with van der Waals surface area (Å²) in [7, 11) is 1.86. The summed E-state index contributed by atoms with van der Waals surface area (Å²) in [4.78, 5) is 12.4. The fourth-order valence-electron chi connectivity index (χ4n) is 5.83. The van der Waals surface area contributed by atoms with Gasteiger partial charge < -0.3 is 5.32 Å². The van der Waals surface area contributed by atoms with Crippen molar-refractivity contribution in [3.8, 4) is 0 Å². The van der Waals surface area contributed by atoms with Crippen molar-refractivity contribution in [2.24, 2.45) is 30.2 Å². The normalized spacial score (nSPS) is 35.6. The second-order valence-electron chi connectivity index (χ2n) is 8.31. The van der Waals surface area contributed by atoms with Crippen molar-refractivity contribution in [3.63, 3.8) is 0 Å².